The van der Waals surface area contributed by atoms with Gasteiger partial charge in [0.15, 0.2) is 0 Å². The van der Waals surface area contributed by atoms with Crippen LogP contribution in [0.1, 0.15) is 5.56 Å². The topological polar surface area (TPSA) is 107 Å². The standard InChI is InChI=1S/C12H14N4O3/c1-8-2-3-9(16(18)19)6-10(8)11-7-12(13)15(14-11)4-5-17/h2-3,6-7,17H,4-5,13H2,1H3. The number of hydrogen-bond acceptors (Lipinski definition) is 5. The van der Waals surface area contributed by atoms with Gasteiger partial charge in [-0.2, -0.15) is 5.10 Å². The molecule has 1 aromatic carbocycles. The van der Waals surface area contributed by atoms with E-state index >= 15 is 0 Å². The van der Waals surface area contributed by atoms with Gasteiger partial charge in [0, 0.05) is 23.8 Å². The van der Waals surface area contributed by atoms with Crippen LogP contribution in [0.15, 0.2) is 24.3 Å². The Morgan fingerprint density at radius 2 is 2.21 bits per heavy atom. The van der Waals surface area contributed by atoms with Crippen LogP contribution in [0, 0.1) is 17.0 Å². The van der Waals surface area contributed by atoms with Crippen LogP contribution in [-0.2, 0) is 6.54 Å². The molecule has 1 heterocycles. The molecule has 0 saturated heterocycles. The molecule has 0 saturated carbocycles. The Bertz CT molecular complexity index is 621. The third kappa shape index (κ3) is 2.55. The summed E-state index contributed by atoms with van der Waals surface area (Å²) in [5, 5.41) is 23.9. The van der Waals surface area contributed by atoms with Crippen molar-refractivity contribution in [3.63, 3.8) is 0 Å². The van der Waals surface area contributed by atoms with Crippen LogP contribution in [0.2, 0.25) is 0 Å². The molecule has 2 rings (SSSR count). The van der Waals surface area contributed by atoms with Crippen molar-refractivity contribution in [1.82, 2.24) is 9.78 Å². The molecule has 2 aromatic rings. The molecule has 7 nitrogen and oxygen atoms in total. The monoisotopic (exact) mass is 262 g/mol. The Balaban J connectivity index is 2.48. The van der Waals surface area contributed by atoms with E-state index < -0.39 is 4.92 Å². The summed E-state index contributed by atoms with van der Waals surface area (Å²) in [6.45, 7) is 2.07. The van der Waals surface area contributed by atoms with Gasteiger partial charge >= 0.3 is 0 Å². The van der Waals surface area contributed by atoms with Gasteiger partial charge in [-0.3, -0.25) is 10.1 Å². The lowest BCUT2D eigenvalue weighted by molar-refractivity contribution is -0.384. The zero-order valence-electron chi connectivity index (χ0n) is 10.4. The van der Waals surface area contributed by atoms with E-state index in [0.29, 0.717) is 23.6 Å². The van der Waals surface area contributed by atoms with Crippen molar-refractivity contribution in [1.29, 1.82) is 0 Å². The van der Waals surface area contributed by atoms with Crippen LogP contribution in [-0.4, -0.2) is 26.4 Å². The SMILES string of the molecule is Cc1ccc([N+](=O)[O-])cc1-c1cc(N)n(CCO)n1. The first-order valence-electron chi connectivity index (χ1n) is 5.72. The summed E-state index contributed by atoms with van der Waals surface area (Å²) in [5.74, 6) is 0.412. The molecule has 0 fully saturated rings. The highest BCUT2D eigenvalue weighted by Gasteiger charge is 2.13. The van der Waals surface area contributed by atoms with Gasteiger partial charge in [-0.25, -0.2) is 4.68 Å². The molecule has 0 atom stereocenters. The summed E-state index contributed by atoms with van der Waals surface area (Å²) in [6, 6.07) is 6.24. The summed E-state index contributed by atoms with van der Waals surface area (Å²) in [7, 11) is 0. The molecule has 7 heteroatoms. The molecule has 0 aliphatic carbocycles. The molecule has 1 aromatic heterocycles. The first-order valence-corrected chi connectivity index (χ1v) is 5.72. The number of nitro groups is 1. The number of nitrogens with zero attached hydrogens (tertiary/aromatic N) is 3. The maximum atomic E-state index is 10.8. The highest BCUT2D eigenvalue weighted by molar-refractivity contribution is 5.68. The molecule has 19 heavy (non-hydrogen) atoms. The molecule has 3 N–H and O–H groups in total. The summed E-state index contributed by atoms with van der Waals surface area (Å²) in [6.07, 6.45) is 0. The van der Waals surface area contributed by atoms with Crippen molar-refractivity contribution in [3.05, 3.63) is 39.9 Å². The van der Waals surface area contributed by atoms with E-state index in [9.17, 15) is 10.1 Å². The highest BCUT2D eigenvalue weighted by atomic mass is 16.6. The molecule has 0 bridgehead atoms. The van der Waals surface area contributed by atoms with Gasteiger partial charge in [0.25, 0.3) is 5.69 Å². The predicted octanol–water partition coefficient (Wildman–Crippen LogP) is 1.34. The van der Waals surface area contributed by atoms with Crippen molar-refractivity contribution >= 4 is 11.5 Å². The molecular formula is C12H14N4O3. The number of aryl methyl sites for hydroxylation is 1. The summed E-state index contributed by atoms with van der Waals surface area (Å²) in [5.41, 5.74) is 7.88. The largest absolute Gasteiger partial charge is 0.394 e. The second kappa shape index (κ2) is 5.07. The third-order valence-electron chi connectivity index (χ3n) is 2.83. The number of non-ortho nitro benzene ring substituents is 1. The Morgan fingerprint density at radius 3 is 2.84 bits per heavy atom. The minimum atomic E-state index is -0.447. The van der Waals surface area contributed by atoms with Crippen molar-refractivity contribution in [2.24, 2.45) is 0 Å². The Hall–Kier alpha value is -2.41. The first-order chi connectivity index (χ1) is 9.02. The van der Waals surface area contributed by atoms with E-state index in [0.717, 1.165) is 5.56 Å². The number of nitro benzene ring substituents is 1. The maximum Gasteiger partial charge on any atom is 0.270 e. The van der Waals surface area contributed by atoms with Gasteiger partial charge in [-0.1, -0.05) is 6.07 Å². The average Bonchev–Trinajstić information content (AvgIpc) is 2.71. The van der Waals surface area contributed by atoms with Gasteiger partial charge in [-0.05, 0) is 12.5 Å². The number of hydrogen-bond donors (Lipinski definition) is 2. The van der Waals surface area contributed by atoms with Crippen molar-refractivity contribution < 1.29 is 10.0 Å². The van der Waals surface area contributed by atoms with E-state index in [1.54, 1.807) is 12.1 Å². The van der Waals surface area contributed by atoms with E-state index in [-0.39, 0.29) is 12.3 Å². The van der Waals surface area contributed by atoms with Crippen LogP contribution in [0.4, 0.5) is 11.5 Å². The first kappa shape index (κ1) is 13.0. The van der Waals surface area contributed by atoms with E-state index in [2.05, 4.69) is 5.10 Å². The second-order valence-corrected chi connectivity index (χ2v) is 4.16. The molecular weight excluding hydrogens is 248 g/mol. The van der Waals surface area contributed by atoms with Crippen LogP contribution in [0.3, 0.4) is 0 Å². The van der Waals surface area contributed by atoms with Crippen LogP contribution < -0.4 is 5.73 Å². The number of aliphatic hydroxyl groups excluding tert-OH is 1. The molecule has 0 aliphatic heterocycles. The molecule has 100 valence electrons. The van der Waals surface area contributed by atoms with Crippen LogP contribution in [0.5, 0.6) is 0 Å². The number of aromatic nitrogens is 2. The molecule has 0 amide bonds. The Morgan fingerprint density at radius 1 is 1.47 bits per heavy atom. The summed E-state index contributed by atoms with van der Waals surface area (Å²) < 4.78 is 1.47. The fourth-order valence-electron chi connectivity index (χ4n) is 1.84. The van der Waals surface area contributed by atoms with Gasteiger partial charge in [0.1, 0.15) is 5.82 Å². The lowest BCUT2D eigenvalue weighted by Crippen LogP contribution is -2.07. The Kier molecular flexibility index (Phi) is 3.48. The predicted molar refractivity (Wildman–Crippen MR) is 70.6 cm³/mol. The number of rotatable bonds is 4. The van der Waals surface area contributed by atoms with Gasteiger partial charge in [-0.15, -0.1) is 0 Å². The fraction of sp³-hybridized carbons (Fsp3) is 0.250. The van der Waals surface area contributed by atoms with E-state index in [4.69, 9.17) is 10.8 Å². The van der Waals surface area contributed by atoms with Crippen molar-refractivity contribution in [2.75, 3.05) is 12.3 Å². The van der Waals surface area contributed by atoms with Crippen LogP contribution >= 0.6 is 0 Å². The Labute approximate surface area is 109 Å². The minimum absolute atomic E-state index is 0.0101. The van der Waals surface area contributed by atoms with E-state index in [1.165, 1.54) is 16.8 Å². The quantitative estimate of drug-likeness (QED) is 0.638. The van der Waals surface area contributed by atoms with Crippen LogP contribution in [0.25, 0.3) is 11.3 Å². The molecule has 0 spiro atoms. The third-order valence-corrected chi connectivity index (χ3v) is 2.83. The maximum absolute atomic E-state index is 10.8. The number of anilines is 1. The summed E-state index contributed by atoms with van der Waals surface area (Å²) >= 11 is 0. The minimum Gasteiger partial charge on any atom is -0.394 e. The van der Waals surface area contributed by atoms with Crippen molar-refractivity contribution in [3.8, 4) is 11.3 Å². The number of aliphatic hydroxyl groups is 1. The molecule has 0 aliphatic rings. The molecule has 0 radical (unpaired) electrons. The lowest BCUT2D eigenvalue weighted by atomic mass is 10.1. The van der Waals surface area contributed by atoms with Gasteiger partial charge < -0.3 is 10.8 Å². The smallest absolute Gasteiger partial charge is 0.270 e. The van der Waals surface area contributed by atoms with Crippen molar-refractivity contribution in [2.45, 2.75) is 13.5 Å². The van der Waals surface area contributed by atoms with E-state index in [1.807, 2.05) is 6.92 Å². The fourth-order valence-corrected chi connectivity index (χ4v) is 1.84. The number of nitrogens with two attached hydrogens (primary N) is 1. The number of benzene rings is 1. The molecule has 0 unspecified atom stereocenters. The van der Waals surface area contributed by atoms with Gasteiger partial charge in [0.2, 0.25) is 0 Å². The zero-order valence-corrected chi connectivity index (χ0v) is 10.4. The zero-order chi connectivity index (χ0) is 14.0. The number of nitrogen functional groups attached to an aromatic ring is 1. The average molecular weight is 262 g/mol. The second-order valence-electron chi connectivity index (χ2n) is 4.16. The highest BCUT2D eigenvalue weighted by Crippen LogP contribution is 2.27. The lowest BCUT2D eigenvalue weighted by Gasteiger charge is -2.02. The summed E-state index contributed by atoms with van der Waals surface area (Å²) in [4.78, 5) is 10.3. The normalized spacial score (nSPS) is 10.6. The van der Waals surface area contributed by atoms with Gasteiger partial charge in [0.05, 0.1) is 23.8 Å².